The Morgan fingerprint density at radius 2 is 1.81 bits per heavy atom. The molecule has 2 aromatic carbocycles. The number of rotatable bonds is 8. The highest BCUT2D eigenvalue weighted by molar-refractivity contribution is 6.07. The molecule has 0 aliphatic carbocycles. The van der Waals surface area contributed by atoms with Crippen LogP contribution in [0, 0.1) is 11.3 Å². The summed E-state index contributed by atoms with van der Waals surface area (Å²) in [5.74, 6) is 1.46. The standard InChI is InChI=1S/C27H27N7O2/c1-3-13-29-18-25-30-14-16-32(25)19-4-6-20(7-5-19)33-15-12-23-24(17-28)31-34(26(23)27(33)35)21-8-10-22(36-2)11-9-21/h4-11,14,16,29H,3,12-13,15,18H2,1-2H3. The number of benzene rings is 2. The predicted molar refractivity (Wildman–Crippen MR) is 136 cm³/mol. The average Bonchev–Trinajstić information content (AvgIpc) is 3.54. The normalized spacial score (nSPS) is 12.9. The van der Waals surface area contributed by atoms with E-state index in [2.05, 4.69) is 28.4 Å². The average molecular weight is 482 g/mol. The van der Waals surface area contributed by atoms with Crippen molar-refractivity contribution in [3.8, 4) is 23.2 Å². The zero-order valence-electron chi connectivity index (χ0n) is 20.3. The largest absolute Gasteiger partial charge is 0.497 e. The number of anilines is 1. The Morgan fingerprint density at radius 3 is 2.50 bits per heavy atom. The van der Waals surface area contributed by atoms with Crippen LogP contribution in [0.3, 0.4) is 0 Å². The van der Waals surface area contributed by atoms with Crippen molar-refractivity contribution in [3.05, 3.63) is 83.7 Å². The van der Waals surface area contributed by atoms with Crippen LogP contribution < -0.4 is 15.0 Å². The van der Waals surface area contributed by atoms with Gasteiger partial charge in [-0.3, -0.25) is 4.79 Å². The van der Waals surface area contributed by atoms with Crippen molar-refractivity contribution >= 4 is 11.6 Å². The fourth-order valence-electron chi connectivity index (χ4n) is 4.48. The topological polar surface area (TPSA) is 101 Å². The van der Waals surface area contributed by atoms with Gasteiger partial charge in [-0.05, 0) is 67.9 Å². The zero-order valence-corrected chi connectivity index (χ0v) is 20.3. The number of imidazole rings is 1. The van der Waals surface area contributed by atoms with Gasteiger partial charge in [-0.25, -0.2) is 9.67 Å². The third kappa shape index (κ3) is 4.23. The van der Waals surface area contributed by atoms with Crippen LogP contribution in [0.2, 0.25) is 0 Å². The molecule has 0 unspecified atom stereocenters. The zero-order chi connectivity index (χ0) is 25.1. The summed E-state index contributed by atoms with van der Waals surface area (Å²) in [7, 11) is 1.60. The Kier molecular flexibility index (Phi) is 6.52. The molecule has 0 spiro atoms. The van der Waals surface area contributed by atoms with E-state index in [4.69, 9.17) is 4.74 Å². The summed E-state index contributed by atoms with van der Waals surface area (Å²) in [5.41, 5.74) is 3.86. The van der Waals surface area contributed by atoms with E-state index in [0.717, 1.165) is 30.2 Å². The summed E-state index contributed by atoms with van der Waals surface area (Å²) in [6, 6.07) is 17.3. The summed E-state index contributed by atoms with van der Waals surface area (Å²) in [6.07, 6.45) is 5.34. The molecule has 36 heavy (non-hydrogen) atoms. The van der Waals surface area contributed by atoms with E-state index in [1.807, 2.05) is 47.2 Å². The van der Waals surface area contributed by atoms with Crippen molar-refractivity contribution in [1.29, 1.82) is 5.26 Å². The van der Waals surface area contributed by atoms with Crippen molar-refractivity contribution in [1.82, 2.24) is 24.6 Å². The van der Waals surface area contributed by atoms with Crippen molar-refractivity contribution in [2.75, 3.05) is 25.1 Å². The van der Waals surface area contributed by atoms with E-state index < -0.39 is 0 Å². The Bertz CT molecular complexity index is 1410. The second-order valence-electron chi connectivity index (χ2n) is 8.51. The maximum absolute atomic E-state index is 13.7. The number of carbonyl (C=O) groups excluding carboxylic acids is 1. The molecule has 0 radical (unpaired) electrons. The number of ether oxygens (including phenoxy) is 1. The molecule has 182 valence electrons. The maximum atomic E-state index is 13.7. The smallest absolute Gasteiger partial charge is 0.277 e. The molecule has 4 aromatic rings. The molecule has 0 fully saturated rings. The van der Waals surface area contributed by atoms with Crippen molar-refractivity contribution in [2.24, 2.45) is 0 Å². The molecule has 5 rings (SSSR count). The summed E-state index contributed by atoms with van der Waals surface area (Å²) < 4.78 is 8.85. The quantitative estimate of drug-likeness (QED) is 0.386. The number of nitrogens with zero attached hydrogens (tertiary/aromatic N) is 6. The maximum Gasteiger partial charge on any atom is 0.277 e. The molecular formula is C27H27N7O2. The van der Waals surface area contributed by atoms with E-state index in [9.17, 15) is 10.1 Å². The highest BCUT2D eigenvalue weighted by Gasteiger charge is 2.33. The van der Waals surface area contributed by atoms with Gasteiger partial charge in [-0.15, -0.1) is 0 Å². The van der Waals surface area contributed by atoms with Gasteiger partial charge in [-0.2, -0.15) is 10.4 Å². The van der Waals surface area contributed by atoms with Crippen LogP contribution in [0.4, 0.5) is 5.69 Å². The number of aromatic nitrogens is 4. The number of nitrogens with one attached hydrogen (secondary N) is 1. The molecule has 1 N–H and O–H groups in total. The minimum atomic E-state index is -0.180. The molecule has 0 bridgehead atoms. The van der Waals surface area contributed by atoms with Gasteiger partial charge in [-0.1, -0.05) is 6.92 Å². The van der Waals surface area contributed by atoms with Gasteiger partial charge in [0.2, 0.25) is 0 Å². The van der Waals surface area contributed by atoms with Gasteiger partial charge in [0.05, 0.1) is 19.3 Å². The van der Waals surface area contributed by atoms with Gasteiger partial charge in [0.15, 0.2) is 5.69 Å². The number of fused-ring (bicyclic) bond motifs is 1. The lowest BCUT2D eigenvalue weighted by Gasteiger charge is -2.28. The molecule has 9 heteroatoms. The van der Waals surface area contributed by atoms with Crippen molar-refractivity contribution in [3.63, 3.8) is 0 Å². The Hall–Kier alpha value is -4.42. The van der Waals surface area contributed by atoms with Gasteiger partial charge in [0, 0.05) is 35.9 Å². The Morgan fingerprint density at radius 1 is 1.08 bits per heavy atom. The monoisotopic (exact) mass is 481 g/mol. The molecule has 2 aromatic heterocycles. The molecular weight excluding hydrogens is 454 g/mol. The fraction of sp³-hybridized carbons (Fsp3) is 0.259. The minimum absolute atomic E-state index is 0.180. The Balaban J connectivity index is 1.43. The number of hydrogen-bond donors (Lipinski definition) is 1. The molecule has 0 saturated carbocycles. The second-order valence-corrected chi connectivity index (χ2v) is 8.51. The summed E-state index contributed by atoms with van der Waals surface area (Å²) in [4.78, 5) is 19.9. The third-order valence-electron chi connectivity index (χ3n) is 6.31. The van der Waals surface area contributed by atoms with Crippen molar-refractivity contribution < 1.29 is 9.53 Å². The number of carbonyl (C=O) groups is 1. The lowest BCUT2D eigenvalue weighted by molar-refractivity contribution is 0.0973. The molecule has 0 atom stereocenters. The first-order chi connectivity index (χ1) is 17.6. The number of methoxy groups -OCH3 is 1. The number of nitriles is 1. The summed E-state index contributed by atoms with van der Waals surface area (Å²) >= 11 is 0. The van der Waals surface area contributed by atoms with E-state index >= 15 is 0 Å². The number of hydrogen-bond acceptors (Lipinski definition) is 6. The van der Waals surface area contributed by atoms with Gasteiger partial charge in [0.1, 0.15) is 23.3 Å². The van der Waals surface area contributed by atoms with Crippen LogP contribution in [-0.2, 0) is 13.0 Å². The lowest BCUT2D eigenvalue weighted by atomic mass is 10.0. The van der Waals surface area contributed by atoms with E-state index in [1.54, 1.807) is 35.0 Å². The molecule has 9 nitrogen and oxygen atoms in total. The second kappa shape index (κ2) is 10.1. The molecule has 1 amide bonds. The van der Waals surface area contributed by atoms with Crippen LogP contribution in [0.15, 0.2) is 60.9 Å². The summed E-state index contributed by atoms with van der Waals surface area (Å²) in [6.45, 7) is 4.23. The molecule has 1 aliphatic rings. The highest BCUT2D eigenvalue weighted by Crippen LogP contribution is 2.29. The lowest BCUT2D eigenvalue weighted by Crippen LogP contribution is -2.38. The van der Waals surface area contributed by atoms with Gasteiger partial charge in [0.25, 0.3) is 5.91 Å². The number of amides is 1. The first kappa shape index (κ1) is 23.3. The van der Waals surface area contributed by atoms with E-state index in [1.165, 1.54) is 0 Å². The first-order valence-corrected chi connectivity index (χ1v) is 12.0. The Labute approximate surface area is 209 Å². The van der Waals surface area contributed by atoms with Gasteiger partial charge >= 0.3 is 0 Å². The van der Waals surface area contributed by atoms with Crippen LogP contribution >= 0.6 is 0 Å². The molecule has 0 saturated heterocycles. The van der Waals surface area contributed by atoms with E-state index in [-0.39, 0.29) is 11.6 Å². The first-order valence-electron chi connectivity index (χ1n) is 12.0. The van der Waals surface area contributed by atoms with Gasteiger partial charge < -0.3 is 19.5 Å². The van der Waals surface area contributed by atoms with Crippen LogP contribution in [0.5, 0.6) is 5.75 Å². The highest BCUT2D eigenvalue weighted by atomic mass is 16.5. The van der Waals surface area contributed by atoms with Crippen LogP contribution in [-0.4, -0.2) is 45.4 Å². The molecule has 3 heterocycles. The minimum Gasteiger partial charge on any atom is -0.497 e. The molecule has 1 aliphatic heterocycles. The van der Waals surface area contributed by atoms with E-state index in [0.29, 0.717) is 42.2 Å². The predicted octanol–water partition coefficient (Wildman–Crippen LogP) is 3.64. The fourth-order valence-corrected chi connectivity index (χ4v) is 4.48. The summed E-state index contributed by atoms with van der Waals surface area (Å²) in [5, 5.41) is 17.5. The SMILES string of the molecule is CCCNCc1nccn1-c1ccc(N2CCc3c(C#N)nn(-c4ccc(OC)cc4)c3C2=O)cc1. The third-order valence-corrected chi connectivity index (χ3v) is 6.31. The van der Waals surface area contributed by atoms with Crippen molar-refractivity contribution in [2.45, 2.75) is 26.3 Å². The van der Waals surface area contributed by atoms with Crippen LogP contribution in [0.1, 0.15) is 40.9 Å². The van der Waals surface area contributed by atoms with Crippen LogP contribution in [0.25, 0.3) is 11.4 Å².